The SMILES string of the molecule is C=CCCC(C=O)N1C(=O)c2cccc3c(C4CCNCC4)ccc1c23.CNC. The van der Waals surface area contributed by atoms with Crippen molar-refractivity contribution >= 4 is 28.7 Å². The molecule has 2 aliphatic heterocycles. The molecule has 4 rings (SSSR count). The molecular weight excluding hydrogens is 362 g/mol. The summed E-state index contributed by atoms with van der Waals surface area (Å²) < 4.78 is 0. The Kier molecular flexibility index (Phi) is 7.18. The number of allylic oxidation sites excluding steroid dienone is 1. The maximum atomic E-state index is 13.1. The number of benzene rings is 2. The number of carbonyl (C=O) groups excluding carboxylic acids is 2. The molecule has 154 valence electrons. The van der Waals surface area contributed by atoms with Gasteiger partial charge in [0.1, 0.15) is 6.29 Å². The zero-order chi connectivity index (χ0) is 20.8. The molecule has 0 bridgehead atoms. The molecule has 1 amide bonds. The number of rotatable bonds is 6. The summed E-state index contributed by atoms with van der Waals surface area (Å²) in [6.45, 7) is 5.80. The monoisotopic (exact) mass is 393 g/mol. The van der Waals surface area contributed by atoms with Crippen LogP contribution in [0.1, 0.15) is 47.5 Å². The summed E-state index contributed by atoms with van der Waals surface area (Å²) in [5.41, 5.74) is 2.92. The van der Waals surface area contributed by atoms with Gasteiger partial charge in [0, 0.05) is 10.9 Å². The van der Waals surface area contributed by atoms with Gasteiger partial charge in [0.05, 0.1) is 11.7 Å². The predicted octanol–water partition coefficient (Wildman–Crippen LogP) is 3.64. The van der Waals surface area contributed by atoms with Gasteiger partial charge in [0.15, 0.2) is 0 Å². The van der Waals surface area contributed by atoms with Crippen LogP contribution in [-0.4, -0.2) is 45.4 Å². The zero-order valence-corrected chi connectivity index (χ0v) is 17.4. The number of nitrogens with one attached hydrogen (secondary N) is 2. The first kappa shape index (κ1) is 21.2. The highest BCUT2D eigenvalue weighted by Crippen LogP contribution is 2.43. The first-order valence-electron chi connectivity index (χ1n) is 10.4. The Morgan fingerprint density at radius 1 is 1.24 bits per heavy atom. The topological polar surface area (TPSA) is 61.4 Å². The molecule has 1 atom stereocenters. The highest BCUT2D eigenvalue weighted by Gasteiger charge is 2.35. The Labute approximate surface area is 173 Å². The van der Waals surface area contributed by atoms with Gasteiger partial charge in [-0.1, -0.05) is 24.3 Å². The van der Waals surface area contributed by atoms with E-state index in [0.717, 1.165) is 54.2 Å². The summed E-state index contributed by atoms with van der Waals surface area (Å²) in [7, 11) is 3.75. The normalized spacial score (nSPS) is 17.0. The lowest BCUT2D eigenvalue weighted by molar-refractivity contribution is -0.109. The number of amides is 1. The van der Waals surface area contributed by atoms with Crippen molar-refractivity contribution in [2.24, 2.45) is 0 Å². The van der Waals surface area contributed by atoms with Gasteiger partial charge in [-0.25, -0.2) is 0 Å². The lowest BCUT2D eigenvalue weighted by Gasteiger charge is -2.26. The van der Waals surface area contributed by atoms with Gasteiger partial charge in [-0.05, 0) is 81.9 Å². The molecule has 0 spiro atoms. The standard InChI is InChI=1S/C22H24N2O2.C2H7N/c1-2-3-5-16(14-25)24-20-9-8-17(15-10-12-23-13-11-15)18-6-4-7-19(21(18)20)22(24)26;1-3-2/h2,4,6-9,14-16,23H,1,3,5,10-13H2;3H,1-2H3. The Balaban J connectivity index is 0.000000755. The third kappa shape index (κ3) is 4.11. The molecule has 0 aliphatic carbocycles. The minimum Gasteiger partial charge on any atom is -0.323 e. The number of hydrogen-bond donors (Lipinski definition) is 2. The number of carbonyl (C=O) groups is 2. The molecule has 0 radical (unpaired) electrons. The Morgan fingerprint density at radius 2 is 1.97 bits per heavy atom. The van der Waals surface area contributed by atoms with Crippen LogP contribution in [0.25, 0.3) is 10.8 Å². The molecule has 5 heteroatoms. The molecule has 1 saturated heterocycles. The molecule has 2 aliphatic rings. The van der Waals surface area contributed by atoms with Crippen molar-refractivity contribution in [3.05, 3.63) is 54.1 Å². The van der Waals surface area contributed by atoms with Gasteiger partial charge in [0.2, 0.25) is 0 Å². The van der Waals surface area contributed by atoms with E-state index in [1.165, 1.54) is 5.56 Å². The first-order chi connectivity index (χ1) is 14.2. The molecule has 29 heavy (non-hydrogen) atoms. The van der Waals surface area contributed by atoms with Gasteiger partial charge in [-0.3, -0.25) is 9.69 Å². The van der Waals surface area contributed by atoms with Crippen molar-refractivity contribution < 1.29 is 9.59 Å². The number of anilines is 1. The van der Waals surface area contributed by atoms with Gasteiger partial charge in [-0.15, -0.1) is 6.58 Å². The van der Waals surface area contributed by atoms with Gasteiger partial charge >= 0.3 is 0 Å². The van der Waals surface area contributed by atoms with Crippen LogP contribution < -0.4 is 15.5 Å². The Hall–Kier alpha value is -2.50. The largest absolute Gasteiger partial charge is 0.323 e. The number of piperidine rings is 1. The van der Waals surface area contributed by atoms with E-state index in [4.69, 9.17) is 0 Å². The lowest BCUT2D eigenvalue weighted by atomic mass is 9.86. The van der Waals surface area contributed by atoms with Crippen LogP contribution >= 0.6 is 0 Å². The summed E-state index contributed by atoms with van der Waals surface area (Å²) >= 11 is 0. The molecule has 2 aromatic rings. The molecule has 5 nitrogen and oxygen atoms in total. The fourth-order valence-corrected chi connectivity index (χ4v) is 4.39. The summed E-state index contributed by atoms with van der Waals surface area (Å²) in [6, 6.07) is 9.73. The zero-order valence-electron chi connectivity index (χ0n) is 17.4. The van der Waals surface area contributed by atoms with Crippen molar-refractivity contribution in [3.8, 4) is 0 Å². The second-order valence-corrected chi connectivity index (χ2v) is 7.67. The molecule has 1 fully saturated rings. The molecule has 0 aromatic heterocycles. The maximum Gasteiger partial charge on any atom is 0.259 e. The summed E-state index contributed by atoms with van der Waals surface area (Å²) in [4.78, 5) is 26.4. The number of hydrogen-bond acceptors (Lipinski definition) is 4. The third-order valence-corrected chi connectivity index (χ3v) is 5.70. The van der Waals surface area contributed by atoms with Crippen molar-refractivity contribution in [1.82, 2.24) is 10.6 Å². The van der Waals surface area contributed by atoms with Gasteiger partial charge in [0.25, 0.3) is 5.91 Å². The minimum absolute atomic E-state index is 0.0609. The molecule has 2 N–H and O–H groups in total. The average molecular weight is 394 g/mol. The number of aldehydes is 1. The molecule has 2 heterocycles. The van der Waals surface area contributed by atoms with Crippen LogP contribution in [0.5, 0.6) is 0 Å². The first-order valence-corrected chi connectivity index (χ1v) is 10.4. The van der Waals surface area contributed by atoms with E-state index in [1.807, 2.05) is 32.3 Å². The van der Waals surface area contributed by atoms with E-state index in [2.05, 4.69) is 29.3 Å². The van der Waals surface area contributed by atoms with Crippen LogP contribution in [0.3, 0.4) is 0 Å². The van der Waals surface area contributed by atoms with Gasteiger partial charge < -0.3 is 15.4 Å². The number of nitrogens with zero attached hydrogens (tertiary/aromatic N) is 1. The third-order valence-electron chi connectivity index (χ3n) is 5.70. The van der Waals surface area contributed by atoms with E-state index in [-0.39, 0.29) is 5.91 Å². The van der Waals surface area contributed by atoms with Crippen molar-refractivity contribution in [3.63, 3.8) is 0 Å². The minimum atomic E-state index is -0.444. The van der Waals surface area contributed by atoms with E-state index >= 15 is 0 Å². The van der Waals surface area contributed by atoms with E-state index in [0.29, 0.717) is 18.8 Å². The van der Waals surface area contributed by atoms with Crippen molar-refractivity contribution in [2.45, 2.75) is 37.6 Å². The van der Waals surface area contributed by atoms with Crippen molar-refractivity contribution in [1.29, 1.82) is 0 Å². The van der Waals surface area contributed by atoms with Crippen LogP contribution in [-0.2, 0) is 4.79 Å². The van der Waals surface area contributed by atoms with Gasteiger partial charge in [-0.2, -0.15) is 0 Å². The molecular formula is C24H31N3O2. The van der Waals surface area contributed by atoms with E-state index in [9.17, 15) is 9.59 Å². The quantitative estimate of drug-likeness (QED) is 0.581. The van der Waals surface area contributed by atoms with E-state index < -0.39 is 6.04 Å². The summed E-state index contributed by atoms with van der Waals surface area (Å²) in [5, 5.41) is 8.34. The Morgan fingerprint density at radius 3 is 2.62 bits per heavy atom. The highest BCUT2D eigenvalue weighted by atomic mass is 16.2. The second kappa shape index (κ2) is 9.81. The molecule has 2 aromatic carbocycles. The smallest absolute Gasteiger partial charge is 0.259 e. The van der Waals surface area contributed by atoms with Crippen LogP contribution in [0.15, 0.2) is 43.0 Å². The van der Waals surface area contributed by atoms with Crippen LogP contribution in [0.4, 0.5) is 5.69 Å². The second-order valence-electron chi connectivity index (χ2n) is 7.67. The summed E-state index contributed by atoms with van der Waals surface area (Å²) in [5.74, 6) is 0.460. The summed E-state index contributed by atoms with van der Waals surface area (Å²) in [6.07, 6.45) is 6.23. The highest BCUT2D eigenvalue weighted by molar-refractivity contribution is 6.26. The van der Waals surface area contributed by atoms with Crippen LogP contribution in [0, 0.1) is 0 Å². The fraction of sp³-hybridized carbons (Fsp3) is 0.417. The predicted molar refractivity (Wildman–Crippen MR) is 120 cm³/mol. The average Bonchev–Trinajstić information content (AvgIpc) is 3.04. The molecule has 0 saturated carbocycles. The van der Waals surface area contributed by atoms with Crippen molar-refractivity contribution in [2.75, 3.05) is 32.1 Å². The molecule has 1 unspecified atom stereocenters. The van der Waals surface area contributed by atoms with E-state index in [1.54, 1.807) is 11.0 Å². The van der Waals surface area contributed by atoms with Crippen LogP contribution in [0.2, 0.25) is 0 Å². The lowest BCUT2D eigenvalue weighted by Crippen LogP contribution is -2.38. The Bertz CT molecular complexity index is 887. The maximum absolute atomic E-state index is 13.1. The fourth-order valence-electron chi connectivity index (χ4n) is 4.39.